The monoisotopic (exact) mass is 282 g/mol. The number of thiazole rings is 1. The number of amides is 1. The molecule has 1 amide bonds. The largest absolute Gasteiger partial charge is 0.350 e. The van der Waals surface area contributed by atoms with Crippen LogP contribution in [0.15, 0.2) is 10.9 Å². The summed E-state index contributed by atoms with van der Waals surface area (Å²) in [5.74, 6) is -0.0806. The summed E-state index contributed by atoms with van der Waals surface area (Å²) in [4.78, 5) is 15.0. The number of carbonyl (C=O) groups is 1. The molecule has 0 saturated carbocycles. The van der Waals surface area contributed by atoms with Gasteiger partial charge in [-0.25, -0.2) is 4.98 Å². The van der Waals surface area contributed by atoms with Crippen LogP contribution in [0.4, 0.5) is 0 Å². The average Bonchev–Trinajstić information content (AvgIpc) is 2.52. The number of nitrogens with one attached hydrogen (secondary N) is 1. The molecule has 1 aromatic heterocycles. The van der Waals surface area contributed by atoms with E-state index in [0.717, 1.165) is 4.43 Å². The maximum Gasteiger partial charge on any atom is 0.270 e. The highest BCUT2D eigenvalue weighted by Gasteiger charge is 2.04. The minimum absolute atomic E-state index is 0.0806. The highest BCUT2D eigenvalue weighted by atomic mass is 127. The molecule has 0 aliphatic carbocycles. The van der Waals surface area contributed by atoms with E-state index in [1.807, 2.05) is 0 Å². The van der Waals surface area contributed by atoms with Crippen LogP contribution < -0.4 is 5.32 Å². The minimum Gasteiger partial charge on any atom is -0.350 e. The molecule has 0 saturated heterocycles. The second-order valence-corrected chi connectivity index (χ2v) is 3.62. The Hall–Kier alpha value is -0.170. The van der Waals surface area contributed by atoms with Gasteiger partial charge in [-0.2, -0.15) is 0 Å². The maximum atomic E-state index is 11.1. The van der Waals surface area contributed by atoms with Crippen LogP contribution in [0, 0.1) is 0 Å². The summed E-state index contributed by atoms with van der Waals surface area (Å²) in [6, 6.07) is 0. The summed E-state index contributed by atoms with van der Waals surface area (Å²) in [5.41, 5.74) is 2.17. The van der Waals surface area contributed by atoms with Crippen molar-refractivity contribution in [1.29, 1.82) is 0 Å². The molecule has 1 heterocycles. The van der Waals surface area contributed by atoms with Crippen molar-refractivity contribution in [1.82, 2.24) is 10.3 Å². The van der Waals surface area contributed by atoms with Crippen molar-refractivity contribution < 1.29 is 4.79 Å². The Bertz CT molecular complexity index is 224. The topological polar surface area (TPSA) is 42.0 Å². The summed E-state index contributed by atoms with van der Waals surface area (Å²) in [5, 5.41) is 4.47. The maximum absolute atomic E-state index is 11.1. The van der Waals surface area contributed by atoms with Gasteiger partial charge in [0.25, 0.3) is 5.91 Å². The molecule has 60 valence electrons. The Morgan fingerprint density at radius 2 is 2.64 bits per heavy atom. The van der Waals surface area contributed by atoms with Crippen LogP contribution in [0.3, 0.4) is 0 Å². The Morgan fingerprint density at radius 1 is 1.82 bits per heavy atom. The standard InChI is InChI=1S/C6H7IN2OS/c7-1-2-8-6(10)5-3-11-4-9-5/h3-4H,1-2H2,(H,8,10). The van der Waals surface area contributed by atoms with Gasteiger partial charge < -0.3 is 5.32 Å². The third kappa shape index (κ3) is 2.74. The van der Waals surface area contributed by atoms with Gasteiger partial charge in [0.1, 0.15) is 5.69 Å². The van der Waals surface area contributed by atoms with Gasteiger partial charge in [0.2, 0.25) is 0 Å². The van der Waals surface area contributed by atoms with Gasteiger partial charge in [-0.1, -0.05) is 22.6 Å². The van der Waals surface area contributed by atoms with Crippen LogP contribution in [-0.4, -0.2) is 21.9 Å². The van der Waals surface area contributed by atoms with Gasteiger partial charge in [-0.15, -0.1) is 11.3 Å². The first-order valence-electron chi connectivity index (χ1n) is 3.07. The van der Waals surface area contributed by atoms with Crippen molar-refractivity contribution in [2.75, 3.05) is 11.0 Å². The highest BCUT2D eigenvalue weighted by Crippen LogP contribution is 1.99. The van der Waals surface area contributed by atoms with Crippen molar-refractivity contribution in [2.24, 2.45) is 0 Å². The van der Waals surface area contributed by atoms with E-state index < -0.39 is 0 Å². The van der Waals surface area contributed by atoms with Crippen LogP contribution in [0.5, 0.6) is 0 Å². The first-order valence-corrected chi connectivity index (χ1v) is 5.54. The number of carbonyl (C=O) groups excluding carboxylic acids is 1. The molecule has 0 aromatic carbocycles. The van der Waals surface area contributed by atoms with Crippen LogP contribution in [0.25, 0.3) is 0 Å². The van der Waals surface area contributed by atoms with E-state index in [0.29, 0.717) is 12.2 Å². The summed E-state index contributed by atoms with van der Waals surface area (Å²) in [7, 11) is 0. The molecule has 1 N–H and O–H groups in total. The predicted octanol–water partition coefficient (Wildman–Crippen LogP) is 1.31. The molecular weight excluding hydrogens is 275 g/mol. The van der Waals surface area contributed by atoms with E-state index in [2.05, 4.69) is 32.9 Å². The lowest BCUT2D eigenvalue weighted by Gasteiger charge is -1.97. The van der Waals surface area contributed by atoms with Crippen LogP contribution in [-0.2, 0) is 0 Å². The lowest BCUT2D eigenvalue weighted by Crippen LogP contribution is -2.25. The minimum atomic E-state index is -0.0806. The van der Waals surface area contributed by atoms with E-state index in [9.17, 15) is 4.79 Å². The molecule has 5 heteroatoms. The first-order chi connectivity index (χ1) is 5.34. The number of alkyl halides is 1. The normalized spacial score (nSPS) is 9.55. The number of hydrogen-bond acceptors (Lipinski definition) is 3. The molecule has 0 fully saturated rings. The van der Waals surface area contributed by atoms with Gasteiger partial charge in [-0.05, 0) is 0 Å². The first kappa shape index (κ1) is 8.92. The number of halogens is 1. The van der Waals surface area contributed by atoms with Crippen molar-refractivity contribution in [3.63, 3.8) is 0 Å². The lowest BCUT2D eigenvalue weighted by molar-refractivity contribution is 0.0952. The molecular formula is C6H7IN2OS. The quantitative estimate of drug-likeness (QED) is 0.671. The molecule has 1 aromatic rings. The van der Waals surface area contributed by atoms with Crippen LogP contribution in [0.1, 0.15) is 10.5 Å². The zero-order valence-corrected chi connectivity index (χ0v) is 8.68. The fourth-order valence-corrected chi connectivity index (χ4v) is 1.38. The van der Waals surface area contributed by atoms with E-state index >= 15 is 0 Å². The van der Waals surface area contributed by atoms with Crippen molar-refractivity contribution in [3.8, 4) is 0 Å². The number of nitrogens with zero attached hydrogens (tertiary/aromatic N) is 1. The predicted molar refractivity (Wildman–Crippen MR) is 53.3 cm³/mol. The molecule has 0 spiro atoms. The van der Waals surface area contributed by atoms with Crippen molar-refractivity contribution in [3.05, 3.63) is 16.6 Å². The third-order valence-corrected chi connectivity index (χ3v) is 2.17. The Kier molecular flexibility index (Phi) is 3.78. The van der Waals surface area contributed by atoms with E-state index in [1.165, 1.54) is 11.3 Å². The van der Waals surface area contributed by atoms with Crippen molar-refractivity contribution >= 4 is 39.8 Å². The molecule has 1 rings (SSSR count). The van der Waals surface area contributed by atoms with Gasteiger partial charge in [-0.3, -0.25) is 4.79 Å². The molecule has 3 nitrogen and oxygen atoms in total. The number of hydrogen-bond donors (Lipinski definition) is 1. The van der Waals surface area contributed by atoms with Crippen LogP contribution >= 0.6 is 33.9 Å². The Morgan fingerprint density at radius 3 is 3.18 bits per heavy atom. The Labute approximate surface area is 82.4 Å². The smallest absolute Gasteiger partial charge is 0.270 e. The summed E-state index contributed by atoms with van der Waals surface area (Å²) in [6.45, 7) is 0.705. The van der Waals surface area contributed by atoms with E-state index in [1.54, 1.807) is 10.9 Å². The zero-order chi connectivity index (χ0) is 8.10. The molecule has 0 unspecified atom stereocenters. The second-order valence-electron chi connectivity index (χ2n) is 1.82. The number of aromatic nitrogens is 1. The molecule has 0 radical (unpaired) electrons. The SMILES string of the molecule is O=C(NCCI)c1cscn1. The molecule has 0 atom stereocenters. The Balaban J connectivity index is 2.43. The molecule has 11 heavy (non-hydrogen) atoms. The fourth-order valence-electron chi connectivity index (χ4n) is 0.576. The highest BCUT2D eigenvalue weighted by molar-refractivity contribution is 14.1. The molecule has 0 aliphatic rings. The van der Waals surface area contributed by atoms with Crippen LogP contribution in [0.2, 0.25) is 0 Å². The van der Waals surface area contributed by atoms with E-state index in [4.69, 9.17) is 0 Å². The van der Waals surface area contributed by atoms with Gasteiger partial charge in [0, 0.05) is 16.4 Å². The average molecular weight is 282 g/mol. The van der Waals surface area contributed by atoms with Gasteiger partial charge in [0.15, 0.2) is 0 Å². The fraction of sp³-hybridized carbons (Fsp3) is 0.333. The van der Waals surface area contributed by atoms with Gasteiger partial charge in [0.05, 0.1) is 5.51 Å². The van der Waals surface area contributed by atoms with E-state index in [-0.39, 0.29) is 5.91 Å². The summed E-state index contributed by atoms with van der Waals surface area (Å²) < 4.78 is 0.924. The molecule has 0 bridgehead atoms. The van der Waals surface area contributed by atoms with Crippen molar-refractivity contribution in [2.45, 2.75) is 0 Å². The molecule has 0 aliphatic heterocycles. The summed E-state index contributed by atoms with van der Waals surface area (Å²) >= 11 is 3.63. The second kappa shape index (κ2) is 4.66. The summed E-state index contributed by atoms with van der Waals surface area (Å²) in [6.07, 6.45) is 0. The zero-order valence-electron chi connectivity index (χ0n) is 5.71. The van der Waals surface area contributed by atoms with Gasteiger partial charge >= 0.3 is 0 Å². The number of rotatable bonds is 3. The lowest BCUT2D eigenvalue weighted by atomic mass is 10.4. The third-order valence-electron chi connectivity index (χ3n) is 1.05.